The molecule has 1 saturated heterocycles. The van der Waals surface area contributed by atoms with Crippen LogP contribution in [-0.2, 0) is 14.8 Å². The minimum atomic E-state index is -3.94. The van der Waals surface area contributed by atoms with Crippen LogP contribution in [0.25, 0.3) is 11.1 Å². The summed E-state index contributed by atoms with van der Waals surface area (Å²) in [7, 11) is -3.94. The van der Waals surface area contributed by atoms with Gasteiger partial charge in [-0.3, -0.25) is 0 Å². The predicted octanol–water partition coefficient (Wildman–Crippen LogP) is 4.73. The summed E-state index contributed by atoms with van der Waals surface area (Å²) in [6.45, 7) is 11.7. The van der Waals surface area contributed by atoms with Crippen molar-refractivity contribution in [2.24, 2.45) is 4.99 Å². The molecule has 0 spiro atoms. The fraction of sp³-hybridized carbons (Fsp3) is 0.240. The van der Waals surface area contributed by atoms with E-state index in [0.29, 0.717) is 11.3 Å². The van der Waals surface area contributed by atoms with Crippen LogP contribution in [0.15, 0.2) is 84.3 Å². The molecule has 1 aliphatic rings. The van der Waals surface area contributed by atoms with Gasteiger partial charge >= 0.3 is 0 Å². The first-order valence-corrected chi connectivity index (χ1v) is 12.0. The monoisotopic (exact) mass is 480 g/mol. The van der Waals surface area contributed by atoms with Crippen LogP contribution in [0.5, 0.6) is 0 Å². The summed E-state index contributed by atoms with van der Waals surface area (Å²) >= 11 is 0. The Morgan fingerprint density at radius 1 is 1.32 bits per heavy atom. The fourth-order valence-corrected chi connectivity index (χ4v) is 5.63. The minimum Gasteiger partial charge on any atom is -0.457 e. The Balaban J connectivity index is 1.92. The van der Waals surface area contributed by atoms with Crippen LogP contribution in [0.1, 0.15) is 37.3 Å². The summed E-state index contributed by atoms with van der Waals surface area (Å²) in [6, 6.07) is 11.4. The number of aromatic nitrogens is 1. The summed E-state index contributed by atoms with van der Waals surface area (Å²) in [6.07, 6.45) is 4.37. The van der Waals surface area contributed by atoms with E-state index in [-0.39, 0.29) is 11.6 Å². The number of hydrogen-bond acceptors (Lipinski definition) is 6. The lowest BCUT2D eigenvalue weighted by Crippen LogP contribution is -2.53. The highest BCUT2D eigenvalue weighted by Crippen LogP contribution is 2.39. The molecule has 0 amide bonds. The first-order chi connectivity index (χ1) is 16.0. The number of hydrogen-bond donors (Lipinski definition) is 1. The number of allylic oxidation sites excluding steroid dienone is 2. The number of aliphatic imine (C=N–C) groups is 1. The van der Waals surface area contributed by atoms with Crippen LogP contribution in [0.3, 0.4) is 0 Å². The van der Waals surface area contributed by atoms with Crippen molar-refractivity contribution in [3.63, 3.8) is 0 Å². The fourth-order valence-electron chi connectivity index (χ4n) is 3.86. The van der Waals surface area contributed by atoms with Crippen molar-refractivity contribution >= 4 is 16.0 Å². The summed E-state index contributed by atoms with van der Waals surface area (Å²) < 4.78 is 48.5. The minimum absolute atomic E-state index is 0.163. The maximum absolute atomic E-state index is 13.8. The Morgan fingerprint density at radius 3 is 2.56 bits per heavy atom. The third-order valence-electron chi connectivity index (χ3n) is 5.32. The maximum Gasteiger partial charge on any atom is 0.299 e. The van der Waals surface area contributed by atoms with E-state index >= 15 is 0 Å². The summed E-state index contributed by atoms with van der Waals surface area (Å²) in [5.41, 5.74) is 1.40. The van der Waals surface area contributed by atoms with Gasteiger partial charge in [0.1, 0.15) is 28.4 Å². The van der Waals surface area contributed by atoms with Gasteiger partial charge in [-0.05, 0) is 49.6 Å². The Bertz CT molecular complexity index is 1320. The van der Waals surface area contributed by atoms with Crippen molar-refractivity contribution < 1.29 is 17.5 Å². The molecule has 7 nitrogen and oxygen atoms in total. The van der Waals surface area contributed by atoms with E-state index in [4.69, 9.17) is 10.00 Å². The molecule has 0 radical (unpaired) electrons. The Kier molecular flexibility index (Phi) is 7.03. The lowest BCUT2D eigenvalue weighted by atomic mass is 9.95. The first kappa shape index (κ1) is 24.9. The summed E-state index contributed by atoms with van der Waals surface area (Å²) in [5, 5.41) is 8.03. The number of halogens is 1. The van der Waals surface area contributed by atoms with E-state index in [1.807, 2.05) is 6.07 Å². The zero-order valence-electron chi connectivity index (χ0n) is 19.1. The molecule has 0 bridgehead atoms. The predicted molar refractivity (Wildman–Crippen MR) is 130 cm³/mol. The first-order valence-electron chi connectivity index (χ1n) is 10.4. The van der Waals surface area contributed by atoms with Crippen molar-refractivity contribution in [2.45, 2.75) is 37.7 Å². The van der Waals surface area contributed by atoms with E-state index < -0.39 is 32.7 Å². The number of sulfonamides is 1. The van der Waals surface area contributed by atoms with Gasteiger partial charge in [-0.2, -0.15) is 5.26 Å². The standard InChI is InChI=1S/C25H25FN4O3S/c1-6-7-22(16(2)26)17(3)29-24-30-34(31,32)23(25(4,5)33-24)19-10-8-18(9-11-19)20-12-13-28-21(14-20)15-27/h6-14,17,23H,1-2H2,3-5H3,(H,29,30)/b22-7+/t17-,23-/m0/s1. The highest BCUT2D eigenvalue weighted by atomic mass is 32.2. The number of benzene rings is 1. The molecule has 9 heteroatoms. The van der Waals surface area contributed by atoms with E-state index in [1.54, 1.807) is 63.4 Å². The van der Waals surface area contributed by atoms with E-state index in [9.17, 15) is 12.8 Å². The SMILES string of the molecule is C=C/C=C(\C(=C)F)[C@H](C)N=C1NS(=O)(=O)[C@@H](c2ccc(-c3ccnc(C#N)c3)cc2)C(C)(C)O1. The van der Waals surface area contributed by atoms with Crippen molar-refractivity contribution in [2.75, 3.05) is 0 Å². The number of ether oxygens (including phenoxy) is 1. The van der Waals surface area contributed by atoms with Crippen LogP contribution >= 0.6 is 0 Å². The zero-order chi connectivity index (χ0) is 25.1. The normalized spacial score (nSPS) is 21.0. The average Bonchev–Trinajstić information content (AvgIpc) is 2.76. The van der Waals surface area contributed by atoms with Crippen LogP contribution < -0.4 is 4.72 Å². The molecule has 176 valence electrons. The van der Waals surface area contributed by atoms with E-state index in [2.05, 4.69) is 27.9 Å². The van der Waals surface area contributed by atoms with Gasteiger partial charge in [0.15, 0.2) is 0 Å². The van der Waals surface area contributed by atoms with Gasteiger partial charge in [-0.25, -0.2) is 27.5 Å². The second kappa shape index (κ2) is 9.61. The number of rotatable bonds is 6. The summed E-state index contributed by atoms with van der Waals surface area (Å²) in [5.74, 6) is -0.691. The molecule has 2 aromatic rings. The number of nitriles is 1. The van der Waals surface area contributed by atoms with E-state index in [0.717, 1.165) is 11.1 Å². The third-order valence-corrected chi connectivity index (χ3v) is 7.24. The van der Waals surface area contributed by atoms with Crippen LogP contribution in [0.4, 0.5) is 4.39 Å². The number of nitrogens with zero attached hydrogens (tertiary/aromatic N) is 3. The van der Waals surface area contributed by atoms with E-state index in [1.165, 1.54) is 12.2 Å². The second-order valence-electron chi connectivity index (χ2n) is 8.27. The molecule has 0 saturated carbocycles. The van der Waals surface area contributed by atoms with Crippen molar-refractivity contribution in [1.82, 2.24) is 9.71 Å². The number of amidine groups is 1. The molecule has 0 aliphatic carbocycles. The van der Waals surface area contributed by atoms with Gasteiger partial charge in [0.2, 0.25) is 10.0 Å². The van der Waals surface area contributed by atoms with Gasteiger partial charge < -0.3 is 4.74 Å². The van der Waals surface area contributed by atoms with Gasteiger partial charge in [-0.1, -0.05) is 49.6 Å². The van der Waals surface area contributed by atoms with Crippen LogP contribution in [-0.4, -0.2) is 31.1 Å². The third kappa shape index (κ3) is 5.24. The molecule has 0 unspecified atom stereocenters. The lowest BCUT2D eigenvalue weighted by Gasteiger charge is -2.39. The highest BCUT2D eigenvalue weighted by molar-refractivity contribution is 7.90. The largest absolute Gasteiger partial charge is 0.457 e. The van der Waals surface area contributed by atoms with Gasteiger partial charge in [0, 0.05) is 11.8 Å². The second-order valence-corrected chi connectivity index (χ2v) is 10.0. The molecule has 34 heavy (non-hydrogen) atoms. The molecule has 1 aromatic carbocycles. The molecular formula is C25H25FN4O3S. The quantitative estimate of drug-likeness (QED) is 0.602. The van der Waals surface area contributed by atoms with Crippen LogP contribution in [0, 0.1) is 11.3 Å². The van der Waals surface area contributed by atoms with Gasteiger partial charge in [0.05, 0.1) is 6.04 Å². The molecule has 3 rings (SSSR count). The van der Waals surface area contributed by atoms with Crippen LogP contribution in [0.2, 0.25) is 0 Å². The lowest BCUT2D eigenvalue weighted by molar-refractivity contribution is 0.0763. The topological polar surface area (TPSA) is 104 Å². The molecule has 1 fully saturated rings. The smallest absolute Gasteiger partial charge is 0.299 e. The molecule has 1 aliphatic heterocycles. The van der Waals surface area contributed by atoms with Crippen molar-refractivity contribution in [1.29, 1.82) is 5.26 Å². The summed E-state index contributed by atoms with van der Waals surface area (Å²) in [4.78, 5) is 8.18. The highest BCUT2D eigenvalue weighted by Gasteiger charge is 2.48. The molecule has 2 heterocycles. The molecular weight excluding hydrogens is 455 g/mol. The molecule has 1 N–H and O–H groups in total. The van der Waals surface area contributed by atoms with Gasteiger partial charge in [-0.15, -0.1) is 0 Å². The van der Waals surface area contributed by atoms with Crippen molar-refractivity contribution in [3.8, 4) is 17.2 Å². The van der Waals surface area contributed by atoms with Crippen molar-refractivity contribution in [3.05, 3.63) is 90.6 Å². The zero-order valence-corrected chi connectivity index (χ0v) is 19.9. The average molecular weight is 481 g/mol. The molecule has 1 aromatic heterocycles. The number of pyridine rings is 1. The van der Waals surface area contributed by atoms with Gasteiger partial charge in [0.25, 0.3) is 6.02 Å². The number of nitrogens with one attached hydrogen (secondary N) is 1. The Labute approximate surface area is 199 Å². The maximum atomic E-state index is 13.8. The molecule has 2 atom stereocenters. The Hall–Kier alpha value is -3.77. The Morgan fingerprint density at radius 2 is 2.00 bits per heavy atom.